The molecular formula is C12H8N2S4. The van der Waals surface area contributed by atoms with Crippen LogP contribution in [0.5, 0.6) is 0 Å². The van der Waals surface area contributed by atoms with E-state index in [9.17, 15) is 0 Å². The molecule has 2 aromatic rings. The summed E-state index contributed by atoms with van der Waals surface area (Å²) in [5, 5.41) is 7.04. The molecule has 0 fully saturated rings. The summed E-state index contributed by atoms with van der Waals surface area (Å²) in [7, 11) is 0. The standard InChI is InChI=1S/C12H8N2S4/c1-3-7(15-5-1)9-13-11-12(17-9)14-10(18-11)8-4-2-6-16-8/h1-6,11-12H/t11-,12-/m0/s1. The maximum atomic E-state index is 4.80. The van der Waals surface area contributed by atoms with Gasteiger partial charge in [-0.3, -0.25) is 9.98 Å². The lowest BCUT2D eigenvalue weighted by atomic mass is 10.5. The van der Waals surface area contributed by atoms with E-state index in [1.807, 2.05) is 0 Å². The Morgan fingerprint density at radius 2 is 1.28 bits per heavy atom. The molecule has 0 amide bonds. The normalized spacial score (nSPS) is 26.0. The third kappa shape index (κ3) is 1.87. The number of hydrogen-bond donors (Lipinski definition) is 0. The highest BCUT2D eigenvalue weighted by atomic mass is 32.2. The van der Waals surface area contributed by atoms with Crippen LogP contribution in [0.1, 0.15) is 9.75 Å². The zero-order chi connectivity index (χ0) is 11.9. The van der Waals surface area contributed by atoms with Gasteiger partial charge in [-0.25, -0.2) is 0 Å². The van der Waals surface area contributed by atoms with E-state index >= 15 is 0 Å². The first kappa shape index (κ1) is 11.3. The van der Waals surface area contributed by atoms with Crippen molar-refractivity contribution in [3.05, 3.63) is 44.8 Å². The van der Waals surface area contributed by atoms with E-state index in [1.165, 1.54) is 9.75 Å². The van der Waals surface area contributed by atoms with Gasteiger partial charge in [-0.2, -0.15) is 0 Å². The fraction of sp³-hybridized carbons (Fsp3) is 0.167. The summed E-state index contributed by atoms with van der Waals surface area (Å²) in [5.74, 6) is 0. The quantitative estimate of drug-likeness (QED) is 0.832. The molecule has 18 heavy (non-hydrogen) atoms. The largest absolute Gasteiger partial charge is 0.259 e. The van der Waals surface area contributed by atoms with Crippen molar-refractivity contribution >= 4 is 56.3 Å². The van der Waals surface area contributed by atoms with Crippen LogP contribution in [0.25, 0.3) is 0 Å². The molecule has 2 aliphatic rings. The highest BCUT2D eigenvalue weighted by molar-refractivity contribution is 8.20. The van der Waals surface area contributed by atoms with E-state index in [0.717, 1.165) is 10.1 Å². The van der Waals surface area contributed by atoms with Crippen molar-refractivity contribution in [2.24, 2.45) is 9.98 Å². The first-order chi connectivity index (χ1) is 8.90. The highest BCUT2D eigenvalue weighted by Crippen LogP contribution is 2.44. The molecule has 2 aliphatic heterocycles. The van der Waals surface area contributed by atoms with Crippen LogP contribution in [-0.2, 0) is 0 Å². The van der Waals surface area contributed by atoms with Gasteiger partial charge in [0.2, 0.25) is 0 Å². The third-order valence-electron chi connectivity index (χ3n) is 2.66. The Bertz CT molecular complexity index is 556. The molecule has 2 nitrogen and oxygen atoms in total. The van der Waals surface area contributed by atoms with Crippen LogP contribution in [0.2, 0.25) is 0 Å². The van der Waals surface area contributed by atoms with Gasteiger partial charge in [-0.15, -0.1) is 22.7 Å². The van der Waals surface area contributed by atoms with Crippen molar-refractivity contribution in [3.63, 3.8) is 0 Å². The Morgan fingerprint density at radius 3 is 1.67 bits per heavy atom. The molecule has 0 aromatic carbocycles. The topological polar surface area (TPSA) is 24.7 Å². The Morgan fingerprint density at radius 1 is 0.778 bits per heavy atom. The van der Waals surface area contributed by atoms with E-state index in [-0.39, 0.29) is 10.7 Å². The van der Waals surface area contributed by atoms with E-state index in [1.54, 1.807) is 46.2 Å². The molecule has 0 unspecified atom stereocenters. The fourth-order valence-electron chi connectivity index (χ4n) is 1.86. The van der Waals surface area contributed by atoms with Gasteiger partial charge in [0.1, 0.15) is 20.8 Å². The first-order valence-corrected chi connectivity index (χ1v) is 8.99. The number of nitrogens with zero attached hydrogens (tertiary/aromatic N) is 2. The average Bonchev–Trinajstić information content (AvgIpc) is 3.13. The summed E-state index contributed by atoms with van der Waals surface area (Å²) in [5.41, 5.74) is 0. The smallest absolute Gasteiger partial charge is 0.135 e. The number of fused-ring (bicyclic) bond motifs is 1. The summed E-state index contributed by atoms with van der Waals surface area (Å²) >= 11 is 7.09. The predicted molar refractivity (Wildman–Crippen MR) is 84.5 cm³/mol. The Kier molecular flexibility index (Phi) is 2.83. The molecule has 2 atom stereocenters. The van der Waals surface area contributed by atoms with Crippen molar-refractivity contribution in [2.45, 2.75) is 10.7 Å². The SMILES string of the molecule is c1csc(C2=N[C@H]3SC(c4cccs4)=N[C@H]3S2)c1. The highest BCUT2D eigenvalue weighted by Gasteiger charge is 2.37. The molecule has 0 aliphatic carbocycles. The van der Waals surface area contributed by atoms with Crippen molar-refractivity contribution in [2.75, 3.05) is 0 Å². The van der Waals surface area contributed by atoms with Gasteiger partial charge < -0.3 is 0 Å². The molecule has 0 N–H and O–H groups in total. The molecular weight excluding hydrogens is 300 g/mol. The van der Waals surface area contributed by atoms with Gasteiger partial charge in [0.15, 0.2) is 0 Å². The summed E-state index contributed by atoms with van der Waals surface area (Å²) in [6.45, 7) is 0. The van der Waals surface area contributed by atoms with E-state index in [4.69, 9.17) is 9.98 Å². The number of thioether (sulfide) groups is 2. The van der Waals surface area contributed by atoms with Crippen LogP contribution in [0.3, 0.4) is 0 Å². The molecule has 0 radical (unpaired) electrons. The molecule has 4 heterocycles. The lowest BCUT2D eigenvalue weighted by Gasteiger charge is -1.99. The maximum Gasteiger partial charge on any atom is 0.135 e. The van der Waals surface area contributed by atoms with Crippen molar-refractivity contribution < 1.29 is 0 Å². The van der Waals surface area contributed by atoms with Crippen LogP contribution in [0, 0.1) is 0 Å². The van der Waals surface area contributed by atoms with Crippen LogP contribution < -0.4 is 0 Å². The zero-order valence-electron chi connectivity index (χ0n) is 9.15. The third-order valence-corrected chi connectivity index (χ3v) is 7.15. The number of aliphatic imine (C=N–C) groups is 2. The zero-order valence-corrected chi connectivity index (χ0v) is 12.4. The average molecular weight is 308 g/mol. The molecule has 2 aromatic heterocycles. The molecule has 0 saturated carbocycles. The van der Waals surface area contributed by atoms with Gasteiger partial charge in [0.25, 0.3) is 0 Å². The second-order valence-corrected chi connectivity index (χ2v) is 7.95. The minimum Gasteiger partial charge on any atom is -0.259 e. The molecule has 0 spiro atoms. The lowest BCUT2D eigenvalue weighted by molar-refractivity contribution is 0.898. The summed E-state index contributed by atoms with van der Waals surface area (Å²) in [6.07, 6.45) is 0. The molecule has 4 rings (SSSR count). The fourth-order valence-corrected chi connectivity index (χ4v) is 5.98. The Hall–Kier alpha value is -0.560. The van der Waals surface area contributed by atoms with Crippen molar-refractivity contribution in [1.82, 2.24) is 0 Å². The van der Waals surface area contributed by atoms with Gasteiger partial charge in [-0.1, -0.05) is 35.7 Å². The second-order valence-electron chi connectivity index (χ2n) is 3.84. The van der Waals surface area contributed by atoms with Crippen molar-refractivity contribution in [1.29, 1.82) is 0 Å². The van der Waals surface area contributed by atoms with E-state index in [0.29, 0.717) is 0 Å². The number of rotatable bonds is 2. The van der Waals surface area contributed by atoms with Gasteiger partial charge in [-0.05, 0) is 22.9 Å². The van der Waals surface area contributed by atoms with E-state index in [2.05, 4.69) is 35.0 Å². The van der Waals surface area contributed by atoms with Gasteiger partial charge in [0.05, 0.1) is 9.75 Å². The minimum absolute atomic E-state index is 0.268. The van der Waals surface area contributed by atoms with Crippen LogP contribution >= 0.6 is 46.2 Å². The number of thiophene rings is 2. The maximum absolute atomic E-state index is 4.80. The molecule has 6 heteroatoms. The van der Waals surface area contributed by atoms with Crippen LogP contribution in [-0.4, -0.2) is 20.8 Å². The van der Waals surface area contributed by atoms with Gasteiger partial charge in [0, 0.05) is 0 Å². The Balaban J connectivity index is 1.57. The molecule has 0 bridgehead atoms. The molecule has 90 valence electrons. The lowest BCUT2D eigenvalue weighted by Crippen LogP contribution is -2.03. The van der Waals surface area contributed by atoms with Crippen LogP contribution in [0.4, 0.5) is 0 Å². The Labute approximate surface area is 121 Å². The van der Waals surface area contributed by atoms with Gasteiger partial charge >= 0.3 is 0 Å². The molecule has 0 saturated heterocycles. The second kappa shape index (κ2) is 4.52. The van der Waals surface area contributed by atoms with Crippen LogP contribution in [0.15, 0.2) is 45.0 Å². The van der Waals surface area contributed by atoms with E-state index < -0.39 is 0 Å². The minimum atomic E-state index is 0.268. The summed E-state index contributed by atoms with van der Waals surface area (Å²) in [6, 6.07) is 8.41. The monoisotopic (exact) mass is 308 g/mol. The summed E-state index contributed by atoms with van der Waals surface area (Å²) in [4.78, 5) is 12.1. The first-order valence-electron chi connectivity index (χ1n) is 5.47. The number of hydrogen-bond acceptors (Lipinski definition) is 6. The van der Waals surface area contributed by atoms with Crippen molar-refractivity contribution in [3.8, 4) is 0 Å². The summed E-state index contributed by atoms with van der Waals surface area (Å²) < 4.78 is 0. The predicted octanol–water partition coefficient (Wildman–Crippen LogP) is 4.15.